The van der Waals surface area contributed by atoms with Crippen LogP contribution in [0.25, 0.3) is 0 Å². The van der Waals surface area contributed by atoms with Gasteiger partial charge in [0, 0.05) is 19.6 Å². The number of nitrogens with two attached hydrogens (primary N) is 1. The number of hydrogen-bond acceptors (Lipinski definition) is 3. The largest absolute Gasteiger partial charge is 0.340 e. The third-order valence-electron chi connectivity index (χ3n) is 3.52. The average Bonchev–Trinajstić information content (AvgIpc) is 2.36. The Morgan fingerprint density at radius 1 is 1.00 bits per heavy atom. The summed E-state index contributed by atoms with van der Waals surface area (Å²) in [5, 5.41) is 0. The fraction of sp³-hybridized carbons (Fsp3) is 0.938. The number of hydrogen-bond donors (Lipinski definition) is 1. The standard InChI is InChI=1S/C16H35N3O/c1-7-18(8-2)9-10-19(12-14(5)6)16(20)15(17)11-13(3)4/h13-15H,7-12,17H2,1-6H3. The van der Waals surface area contributed by atoms with E-state index in [1.54, 1.807) is 0 Å². The molecule has 0 fully saturated rings. The first kappa shape index (κ1) is 19.4. The van der Waals surface area contributed by atoms with Crippen LogP contribution in [-0.4, -0.2) is 54.5 Å². The Hall–Kier alpha value is -0.610. The Labute approximate surface area is 125 Å². The van der Waals surface area contributed by atoms with Crippen LogP contribution in [0.4, 0.5) is 0 Å². The summed E-state index contributed by atoms with van der Waals surface area (Å²) in [5.41, 5.74) is 6.06. The van der Waals surface area contributed by atoms with Gasteiger partial charge >= 0.3 is 0 Å². The molecule has 0 radical (unpaired) electrons. The van der Waals surface area contributed by atoms with Crippen LogP contribution >= 0.6 is 0 Å². The Morgan fingerprint density at radius 2 is 1.55 bits per heavy atom. The van der Waals surface area contributed by atoms with E-state index in [4.69, 9.17) is 5.73 Å². The summed E-state index contributed by atoms with van der Waals surface area (Å²) in [5.74, 6) is 1.04. The van der Waals surface area contributed by atoms with Gasteiger partial charge in [-0.15, -0.1) is 0 Å². The molecule has 2 N–H and O–H groups in total. The molecule has 1 amide bonds. The topological polar surface area (TPSA) is 49.6 Å². The highest BCUT2D eigenvalue weighted by atomic mass is 16.2. The number of rotatable bonds is 10. The molecular weight excluding hydrogens is 250 g/mol. The quantitative estimate of drug-likeness (QED) is 0.669. The van der Waals surface area contributed by atoms with Gasteiger partial charge in [-0.25, -0.2) is 0 Å². The molecule has 20 heavy (non-hydrogen) atoms. The summed E-state index contributed by atoms with van der Waals surface area (Å²) in [6.45, 7) is 17.4. The highest BCUT2D eigenvalue weighted by molar-refractivity contribution is 5.81. The van der Waals surface area contributed by atoms with E-state index in [1.165, 1.54) is 0 Å². The van der Waals surface area contributed by atoms with E-state index in [0.29, 0.717) is 11.8 Å². The van der Waals surface area contributed by atoms with Crippen LogP contribution in [0.2, 0.25) is 0 Å². The van der Waals surface area contributed by atoms with E-state index in [1.807, 2.05) is 4.90 Å². The molecule has 4 heteroatoms. The van der Waals surface area contributed by atoms with Crippen LogP contribution in [-0.2, 0) is 4.79 Å². The number of likely N-dealkylation sites (N-methyl/N-ethyl adjacent to an activating group) is 1. The van der Waals surface area contributed by atoms with Gasteiger partial charge in [0.2, 0.25) is 5.91 Å². The van der Waals surface area contributed by atoms with Gasteiger partial charge in [0.25, 0.3) is 0 Å². The van der Waals surface area contributed by atoms with Crippen LogP contribution < -0.4 is 5.73 Å². The zero-order chi connectivity index (χ0) is 15.7. The molecule has 0 aromatic heterocycles. The Bertz CT molecular complexity index is 262. The Morgan fingerprint density at radius 3 is 1.95 bits per heavy atom. The van der Waals surface area contributed by atoms with Gasteiger partial charge in [0.05, 0.1) is 6.04 Å². The van der Waals surface area contributed by atoms with E-state index in [-0.39, 0.29) is 11.9 Å². The van der Waals surface area contributed by atoms with Crippen LogP contribution in [0.15, 0.2) is 0 Å². The molecule has 0 aromatic rings. The van der Waals surface area contributed by atoms with Crippen molar-refractivity contribution in [2.45, 2.75) is 54.0 Å². The maximum absolute atomic E-state index is 12.5. The number of nitrogens with zero attached hydrogens (tertiary/aromatic N) is 2. The minimum atomic E-state index is -0.356. The van der Waals surface area contributed by atoms with Crippen molar-refractivity contribution in [2.24, 2.45) is 17.6 Å². The second-order valence-electron chi connectivity index (χ2n) is 6.44. The maximum atomic E-state index is 12.5. The minimum Gasteiger partial charge on any atom is -0.340 e. The van der Waals surface area contributed by atoms with Gasteiger partial charge in [-0.05, 0) is 31.3 Å². The lowest BCUT2D eigenvalue weighted by Crippen LogP contribution is -2.48. The lowest BCUT2D eigenvalue weighted by molar-refractivity contribution is -0.133. The predicted octanol–water partition coefficient (Wildman–Crippen LogP) is 2.19. The summed E-state index contributed by atoms with van der Waals surface area (Å²) in [6, 6.07) is -0.356. The summed E-state index contributed by atoms with van der Waals surface area (Å²) in [7, 11) is 0. The van der Waals surface area contributed by atoms with Gasteiger partial charge in [0.1, 0.15) is 0 Å². The van der Waals surface area contributed by atoms with E-state index in [2.05, 4.69) is 46.4 Å². The third-order valence-corrected chi connectivity index (χ3v) is 3.52. The molecule has 0 rings (SSSR count). The van der Waals surface area contributed by atoms with Crippen molar-refractivity contribution in [2.75, 3.05) is 32.7 Å². The zero-order valence-corrected chi connectivity index (χ0v) is 14.4. The molecule has 0 bridgehead atoms. The van der Waals surface area contributed by atoms with Crippen LogP contribution in [0.3, 0.4) is 0 Å². The lowest BCUT2D eigenvalue weighted by Gasteiger charge is -2.30. The molecule has 120 valence electrons. The molecule has 0 aliphatic carbocycles. The van der Waals surface area contributed by atoms with E-state index in [9.17, 15) is 4.79 Å². The molecule has 0 aliphatic heterocycles. The molecule has 0 spiro atoms. The highest BCUT2D eigenvalue weighted by Gasteiger charge is 2.22. The van der Waals surface area contributed by atoms with Crippen molar-refractivity contribution in [1.29, 1.82) is 0 Å². The summed E-state index contributed by atoms with van der Waals surface area (Å²) in [6.07, 6.45) is 0.763. The Balaban J connectivity index is 4.57. The van der Waals surface area contributed by atoms with Crippen molar-refractivity contribution < 1.29 is 4.79 Å². The smallest absolute Gasteiger partial charge is 0.239 e. The second kappa shape index (κ2) is 10.2. The fourth-order valence-corrected chi connectivity index (χ4v) is 2.38. The van der Waals surface area contributed by atoms with E-state index in [0.717, 1.165) is 39.1 Å². The third kappa shape index (κ3) is 7.85. The first-order chi connectivity index (χ1) is 9.31. The highest BCUT2D eigenvalue weighted by Crippen LogP contribution is 2.08. The molecule has 0 saturated heterocycles. The molecule has 0 heterocycles. The summed E-state index contributed by atoms with van der Waals surface area (Å²) in [4.78, 5) is 16.8. The van der Waals surface area contributed by atoms with Gasteiger partial charge in [-0.2, -0.15) is 0 Å². The van der Waals surface area contributed by atoms with E-state index < -0.39 is 0 Å². The predicted molar refractivity (Wildman–Crippen MR) is 86.6 cm³/mol. The van der Waals surface area contributed by atoms with Crippen molar-refractivity contribution in [3.8, 4) is 0 Å². The molecule has 1 atom stereocenters. The summed E-state index contributed by atoms with van der Waals surface area (Å²) < 4.78 is 0. The van der Waals surface area contributed by atoms with Gasteiger partial charge in [-0.1, -0.05) is 41.5 Å². The molecule has 0 aromatic carbocycles. The average molecular weight is 285 g/mol. The van der Waals surface area contributed by atoms with E-state index >= 15 is 0 Å². The molecule has 0 aliphatic rings. The zero-order valence-electron chi connectivity index (χ0n) is 14.4. The first-order valence-electron chi connectivity index (χ1n) is 8.08. The maximum Gasteiger partial charge on any atom is 0.239 e. The van der Waals surface area contributed by atoms with Crippen LogP contribution in [0.5, 0.6) is 0 Å². The number of carbonyl (C=O) groups excluding carboxylic acids is 1. The Kier molecular flexibility index (Phi) is 9.86. The number of amides is 1. The lowest BCUT2D eigenvalue weighted by atomic mass is 10.0. The van der Waals surface area contributed by atoms with Gasteiger partial charge in [0.15, 0.2) is 0 Å². The monoisotopic (exact) mass is 285 g/mol. The van der Waals surface area contributed by atoms with Gasteiger partial charge < -0.3 is 15.5 Å². The summed E-state index contributed by atoms with van der Waals surface area (Å²) >= 11 is 0. The fourth-order valence-electron chi connectivity index (χ4n) is 2.38. The molecule has 4 nitrogen and oxygen atoms in total. The van der Waals surface area contributed by atoms with Crippen LogP contribution in [0.1, 0.15) is 48.0 Å². The van der Waals surface area contributed by atoms with Crippen molar-refractivity contribution >= 4 is 5.91 Å². The van der Waals surface area contributed by atoms with Crippen LogP contribution in [0, 0.1) is 11.8 Å². The van der Waals surface area contributed by atoms with Crippen molar-refractivity contribution in [3.63, 3.8) is 0 Å². The van der Waals surface area contributed by atoms with Crippen molar-refractivity contribution in [1.82, 2.24) is 9.80 Å². The molecular formula is C16H35N3O. The molecule has 1 unspecified atom stereocenters. The SMILES string of the molecule is CCN(CC)CCN(CC(C)C)C(=O)C(N)CC(C)C. The normalized spacial score (nSPS) is 13.3. The first-order valence-corrected chi connectivity index (χ1v) is 8.08. The minimum absolute atomic E-state index is 0.111. The van der Waals surface area contributed by atoms with Gasteiger partial charge in [-0.3, -0.25) is 4.79 Å². The number of carbonyl (C=O) groups is 1. The van der Waals surface area contributed by atoms with Crippen molar-refractivity contribution in [3.05, 3.63) is 0 Å². The molecule has 0 saturated carbocycles. The second-order valence-corrected chi connectivity index (χ2v) is 6.44.